The molecule has 0 bridgehead atoms. The van der Waals surface area contributed by atoms with E-state index in [4.69, 9.17) is 4.52 Å². The number of phenolic OH excluding ortho intramolecular Hbond substituents is 1. The molecule has 0 fully saturated rings. The number of aromatic nitrogens is 2. The first-order valence-electron chi connectivity index (χ1n) is 6.45. The molecule has 0 spiro atoms. The van der Waals surface area contributed by atoms with E-state index in [1.54, 1.807) is 23.9 Å². The van der Waals surface area contributed by atoms with E-state index in [1.807, 2.05) is 43.5 Å². The Labute approximate surface area is 126 Å². The summed E-state index contributed by atoms with van der Waals surface area (Å²) >= 11 is 1.68. The fourth-order valence-electron chi connectivity index (χ4n) is 2.01. The van der Waals surface area contributed by atoms with E-state index in [-0.39, 0.29) is 5.75 Å². The van der Waals surface area contributed by atoms with Crippen molar-refractivity contribution in [3.63, 3.8) is 0 Å². The highest BCUT2D eigenvalue weighted by atomic mass is 32.2. The summed E-state index contributed by atoms with van der Waals surface area (Å²) in [6, 6.07) is 13.3. The predicted octanol–water partition coefficient (Wildman–Crippen LogP) is 4.14. The van der Waals surface area contributed by atoms with Gasteiger partial charge in [-0.25, -0.2) is 0 Å². The van der Waals surface area contributed by atoms with E-state index < -0.39 is 0 Å². The molecular weight excluding hydrogens is 284 g/mol. The minimum atomic E-state index is 0.142. The molecule has 0 amide bonds. The van der Waals surface area contributed by atoms with E-state index in [1.165, 1.54) is 4.90 Å². The molecule has 0 atom stereocenters. The zero-order chi connectivity index (χ0) is 14.8. The van der Waals surface area contributed by atoms with E-state index in [9.17, 15) is 5.11 Å². The Balaban J connectivity index is 1.95. The molecule has 0 saturated heterocycles. The highest BCUT2D eigenvalue weighted by Gasteiger charge is 2.13. The number of thioether (sulfide) groups is 1. The quantitative estimate of drug-likeness (QED) is 0.736. The Morgan fingerprint density at radius 1 is 1.10 bits per heavy atom. The van der Waals surface area contributed by atoms with Crippen LogP contribution in [0.2, 0.25) is 0 Å². The standard InChI is InChI=1S/C16H14N2O2S/c1-10-3-8-13(14(19)9-10)16-17-15(18-20-16)11-4-6-12(21-2)7-5-11/h3-9,19H,1-2H3. The lowest BCUT2D eigenvalue weighted by Gasteiger charge is -2.00. The van der Waals surface area contributed by atoms with Crippen molar-refractivity contribution in [3.8, 4) is 28.6 Å². The lowest BCUT2D eigenvalue weighted by Crippen LogP contribution is -1.83. The highest BCUT2D eigenvalue weighted by Crippen LogP contribution is 2.30. The minimum Gasteiger partial charge on any atom is -0.507 e. The number of hydrogen-bond donors (Lipinski definition) is 1. The summed E-state index contributed by atoms with van der Waals surface area (Å²) < 4.78 is 5.26. The van der Waals surface area contributed by atoms with Crippen LogP contribution >= 0.6 is 11.8 Å². The predicted molar refractivity (Wildman–Crippen MR) is 83.4 cm³/mol. The Hall–Kier alpha value is -2.27. The maximum absolute atomic E-state index is 9.96. The summed E-state index contributed by atoms with van der Waals surface area (Å²) in [4.78, 5) is 5.53. The third-order valence-corrected chi connectivity index (χ3v) is 3.90. The molecule has 1 aromatic heterocycles. The van der Waals surface area contributed by atoms with Gasteiger partial charge in [0.1, 0.15) is 5.75 Å². The fraction of sp³-hybridized carbons (Fsp3) is 0.125. The lowest BCUT2D eigenvalue weighted by atomic mass is 10.1. The van der Waals surface area contributed by atoms with Gasteiger partial charge in [-0.15, -0.1) is 11.8 Å². The Bertz CT molecular complexity index is 766. The van der Waals surface area contributed by atoms with Gasteiger partial charge in [0.2, 0.25) is 5.82 Å². The van der Waals surface area contributed by atoms with Crippen LogP contribution in [0, 0.1) is 6.92 Å². The van der Waals surface area contributed by atoms with Gasteiger partial charge in [-0.2, -0.15) is 4.98 Å². The normalized spacial score (nSPS) is 10.8. The molecule has 0 saturated carbocycles. The summed E-state index contributed by atoms with van der Waals surface area (Å²) in [5.74, 6) is 0.969. The van der Waals surface area contributed by atoms with Crippen LogP contribution in [0.25, 0.3) is 22.8 Å². The number of benzene rings is 2. The van der Waals surface area contributed by atoms with Crippen molar-refractivity contribution in [1.29, 1.82) is 0 Å². The number of phenols is 1. The first-order valence-corrected chi connectivity index (χ1v) is 7.68. The average molecular weight is 298 g/mol. The minimum absolute atomic E-state index is 0.142. The number of nitrogens with zero attached hydrogens (tertiary/aromatic N) is 2. The SMILES string of the molecule is CSc1ccc(-c2noc(-c3ccc(C)cc3O)n2)cc1. The van der Waals surface area contributed by atoms with Crippen molar-refractivity contribution in [3.05, 3.63) is 48.0 Å². The van der Waals surface area contributed by atoms with E-state index in [0.29, 0.717) is 17.3 Å². The molecular formula is C16H14N2O2S. The Kier molecular flexibility index (Phi) is 3.66. The summed E-state index contributed by atoms with van der Waals surface area (Å²) in [6.07, 6.45) is 2.03. The van der Waals surface area contributed by atoms with Crippen LogP contribution in [-0.2, 0) is 0 Å². The van der Waals surface area contributed by atoms with Crippen LogP contribution in [-0.4, -0.2) is 21.5 Å². The van der Waals surface area contributed by atoms with Gasteiger partial charge in [-0.3, -0.25) is 0 Å². The van der Waals surface area contributed by atoms with Crippen LogP contribution < -0.4 is 0 Å². The van der Waals surface area contributed by atoms with Crippen LogP contribution in [0.5, 0.6) is 5.75 Å². The van der Waals surface area contributed by atoms with E-state index in [2.05, 4.69) is 10.1 Å². The first-order chi connectivity index (χ1) is 10.2. The van der Waals surface area contributed by atoms with Gasteiger partial charge in [0.25, 0.3) is 5.89 Å². The molecule has 0 unspecified atom stereocenters. The van der Waals surface area contributed by atoms with Gasteiger partial charge in [0, 0.05) is 10.5 Å². The topological polar surface area (TPSA) is 59.2 Å². The van der Waals surface area contributed by atoms with E-state index >= 15 is 0 Å². The average Bonchev–Trinajstić information content (AvgIpc) is 2.97. The molecule has 3 aromatic rings. The summed E-state index contributed by atoms with van der Waals surface area (Å²) in [6.45, 7) is 1.91. The van der Waals surface area contributed by atoms with Gasteiger partial charge < -0.3 is 9.63 Å². The van der Waals surface area contributed by atoms with Crippen LogP contribution in [0.15, 0.2) is 51.9 Å². The van der Waals surface area contributed by atoms with Crippen molar-refractivity contribution in [2.45, 2.75) is 11.8 Å². The summed E-state index contributed by atoms with van der Waals surface area (Å²) in [5.41, 5.74) is 2.40. The number of aromatic hydroxyl groups is 1. The molecule has 4 nitrogen and oxygen atoms in total. The molecule has 0 aliphatic heterocycles. The first kappa shape index (κ1) is 13.7. The largest absolute Gasteiger partial charge is 0.507 e. The fourth-order valence-corrected chi connectivity index (χ4v) is 2.42. The number of aryl methyl sites for hydroxylation is 1. The lowest BCUT2D eigenvalue weighted by molar-refractivity contribution is 0.425. The molecule has 1 N–H and O–H groups in total. The summed E-state index contributed by atoms with van der Waals surface area (Å²) in [7, 11) is 0. The van der Waals surface area contributed by atoms with Crippen LogP contribution in [0.4, 0.5) is 0 Å². The summed E-state index contributed by atoms with van der Waals surface area (Å²) in [5, 5.41) is 13.9. The van der Waals surface area contributed by atoms with Crippen LogP contribution in [0.1, 0.15) is 5.56 Å². The zero-order valence-corrected chi connectivity index (χ0v) is 12.5. The second-order valence-electron chi connectivity index (χ2n) is 4.67. The van der Waals surface area contributed by atoms with Gasteiger partial charge in [0.15, 0.2) is 0 Å². The number of hydrogen-bond acceptors (Lipinski definition) is 5. The van der Waals surface area contributed by atoms with Crippen molar-refractivity contribution in [2.75, 3.05) is 6.26 Å². The van der Waals surface area contributed by atoms with Crippen LogP contribution in [0.3, 0.4) is 0 Å². The molecule has 106 valence electrons. The van der Waals surface area contributed by atoms with Crippen molar-refractivity contribution in [1.82, 2.24) is 10.1 Å². The third-order valence-electron chi connectivity index (χ3n) is 3.16. The van der Waals surface area contributed by atoms with Crippen molar-refractivity contribution < 1.29 is 9.63 Å². The molecule has 1 heterocycles. The molecule has 5 heteroatoms. The maximum atomic E-state index is 9.96. The molecule has 0 aliphatic rings. The molecule has 0 aliphatic carbocycles. The van der Waals surface area contributed by atoms with Gasteiger partial charge in [-0.05, 0) is 55.1 Å². The Morgan fingerprint density at radius 2 is 1.86 bits per heavy atom. The zero-order valence-electron chi connectivity index (χ0n) is 11.7. The van der Waals surface area contributed by atoms with Gasteiger partial charge >= 0.3 is 0 Å². The maximum Gasteiger partial charge on any atom is 0.261 e. The van der Waals surface area contributed by atoms with Gasteiger partial charge in [-0.1, -0.05) is 11.2 Å². The van der Waals surface area contributed by atoms with Gasteiger partial charge in [0.05, 0.1) is 5.56 Å². The molecule has 0 radical (unpaired) electrons. The van der Waals surface area contributed by atoms with E-state index in [0.717, 1.165) is 11.1 Å². The second-order valence-corrected chi connectivity index (χ2v) is 5.55. The Morgan fingerprint density at radius 3 is 2.52 bits per heavy atom. The molecule has 21 heavy (non-hydrogen) atoms. The number of rotatable bonds is 3. The molecule has 2 aromatic carbocycles. The van der Waals surface area contributed by atoms with Crippen molar-refractivity contribution >= 4 is 11.8 Å². The molecule has 3 rings (SSSR count). The monoisotopic (exact) mass is 298 g/mol. The highest BCUT2D eigenvalue weighted by molar-refractivity contribution is 7.98. The van der Waals surface area contributed by atoms with Crippen molar-refractivity contribution in [2.24, 2.45) is 0 Å². The second kappa shape index (κ2) is 5.61. The smallest absolute Gasteiger partial charge is 0.261 e. The third kappa shape index (κ3) is 2.78.